The van der Waals surface area contributed by atoms with E-state index in [4.69, 9.17) is 15.2 Å². The zero-order valence-corrected chi connectivity index (χ0v) is 10.5. The van der Waals surface area contributed by atoms with E-state index in [2.05, 4.69) is 5.32 Å². The number of hydrogen-bond donors (Lipinski definition) is 2. The Morgan fingerprint density at radius 3 is 2.89 bits per heavy atom. The van der Waals surface area contributed by atoms with Gasteiger partial charge in [-0.15, -0.1) is 0 Å². The Kier molecular flexibility index (Phi) is 3.39. The third kappa shape index (κ3) is 2.44. The Bertz CT molecular complexity index is 416. The molecule has 1 aromatic rings. The minimum atomic E-state index is 0.0661. The molecule has 0 aromatic heterocycles. The Morgan fingerprint density at radius 1 is 1.28 bits per heavy atom. The molecule has 0 amide bonds. The summed E-state index contributed by atoms with van der Waals surface area (Å²) in [5.41, 5.74) is 7.40. The van der Waals surface area contributed by atoms with Gasteiger partial charge in [0, 0.05) is 12.1 Å². The van der Waals surface area contributed by atoms with Crippen LogP contribution in [0.15, 0.2) is 18.2 Å². The second kappa shape index (κ2) is 5.16. The second-order valence-corrected chi connectivity index (χ2v) is 5.04. The summed E-state index contributed by atoms with van der Waals surface area (Å²) in [6.07, 6.45) is 3.48. The summed E-state index contributed by atoms with van der Waals surface area (Å²) in [5.74, 6) is 1.66. The van der Waals surface area contributed by atoms with E-state index < -0.39 is 0 Å². The highest BCUT2D eigenvalue weighted by molar-refractivity contribution is 5.44. The first-order valence-electron chi connectivity index (χ1n) is 6.71. The molecule has 18 heavy (non-hydrogen) atoms. The smallest absolute Gasteiger partial charge is 0.161 e. The monoisotopic (exact) mass is 248 g/mol. The van der Waals surface area contributed by atoms with Crippen LogP contribution in [0.4, 0.5) is 0 Å². The van der Waals surface area contributed by atoms with E-state index in [0.29, 0.717) is 19.3 Å². The van der Waals surface area contributed by atoms with E-state index in [1.807, 2.05) is 18.2 Å². The van der Waals surface area contributed by atoms with Crippen LogP contribution < -0.4 is 20.5 Å². The molecule has 0 bridgehead atoms. The first kappa shape index (κ1) is 11.8. The quantitative estimate of drug-likeness (QED) is 0.853. The topological polar surface area (TPSA) is 56.5 Å². The van der Waals surface area contributed by atoms with Crippen molar-refractivity contribution in [1.82, 2.24) is 5.32 Å². The minimum Gasteiger partial charge on any atom is -0.486 e. The molecule has 3 N–H and O–H groups in total. The molecule has 2 aliphatic heterocycles. The van der Waals surface area contributed by atoms with E-state index in [-0.39, 0.29) is 6.04 Å². The normalized spacial score (nSPS) is 23.9. The number of rotatable bonds is 3. The number of hydrogen-bond acceptors (Lipinski definition) is 4. The van der Waals surface area contributed by atoms with Crippen LogP contribution in [-0.2, 0) is 0 Å². The van der Waals surface area contributed by atoms with E-state index >= 15 is 0 Å². The van der Waals surface area contributed by atoms with Crippen molar-refractivity contribution in [3.63, 3.8) is 0 Å². The molecular formula is C14H20N2O2. The number of nitrogens with two attached hydrogens (primary N) is 1. The molecule has 98 valence electrons. The van der Waals surface area contributed by atoms with E-state index in [1.165, 1.54) is 12.8 Å². The zero-order valence-electron chi connectivity index (χ0n) is 10.5. The third-order valence-corrected chi connectivity index (χ3v) is 3.70. The fourth-order valence-electron chi connectivity index (χ4n) is 2.69. The molecule has 2 unspecified atom stereocenters. The van der Waals surface area contributed by atoms with Gasteiger partial charge >= 0.3 is 0 Å². The predicted molar refractivity (Wildman–Crippen MR) is 70.0 cm³/mol. The SMILES string of the molecule is NC(CC1CCCN1)c1ccc2c(c1)OCCO2. The van der Waals surface area contributed by atoms with Gasteiger partial charge in [-0.3, -0.25) is 0 Å². The first-order valence-corrected chi connectivity index (χ1v) is 6.71. The minimum absolute atomic E-state index is 0.0661. The maximum Gasteiger partial charge on any atom is 0.161 e. The molecule has 0 spiro atoms. The highest BCUT2D eigenvalue weighted by Gasteiger charge is 2.20. The van der Waals surface area contributed by atoms with Gasteiger partial charge in [0.15, 0.2) is 11.5 Å². The predicted octanol–water partition coefficient (Wildman–Crippen LogP) is 1.60. The summed E-state index contributed by atoms with van der Waals surface area (Å²) in [7, 11) is 0. The van der Waals surface area contributed by atoms with Crippen molar-refractivity contribution in [2.75, 3.05) is 19.8 Å². The zero-order chi connectivity index (χ0) is 12.4. The molecule has 4 nitrogen and oxygen atoms in total. The second-order valence-electron chi connectivity index (χ2n) is 5.04. The van der Waals surface area contributed by atoms with Gasteiger partial charge in [0.05, 0.1) is 0 Å². The van der Waals surface area contributed by atoms with Crippen molar-refractivity contribution in [3.05, 3.63) is 23.8 Å². The number of benzene rings is 1. The van der Waals surface area contributed by atoms with Gasteiger partial charge < -0.3 is 20.5 Å². The van der Waals surface area contributed by atoms with Gasteiger partial charge in [-0.1, -0.05) is 6.07 Å². The highest BCUT2D eigenvalue weighted by Crippen LogP contribution is 2.33. The van der Waals surface area contributed by atoms with Gasteiger partial charge in [0.1, 0.15) is 13.2 Å². The standard InChI is InChI=1S/C14H20N2O2/c15-12(9-11-2-1-5-16-11)10-3-4-13-14(8-10)18-7-6-17-13/h3-4,8,11-12,16H,1-2,5-7,9,15H2. The van der Waals surface area contributed by atoms with Gasteiger partial charge in [-0.25, -0.2) is 0 Å². The van der Waals surface area contributed by atoms with Crippen LogP contribution in [0.25, 0.3) is 0 Å². The lowest BCUT2D eigenvalue weighted by Gasteiger charge is -2.21. The van der Waals surface area contributed by atoms with Crippen molar-refractivity contribution in [2.45, 2.75) is 31.3 Å². The van der Waals surface area contributed by atoms with E-state index in [0.717, 1.165) is 30.0 Å². The van der Waals surface area contributed by atoms with Gasteiger partial charge in [-0.05, 0) is 43.5 Å². The van der Waals surface area contributed by atoms with Crippen molar-refractivity contribution < 1.29 is 9.47 Å². The third-order valence-electron chi connectivity index (χ3n) is 3.70. The van der Waals surface area contributed by atoms with Crippen LogP contribution in [0.2, 0.25) is 0 Å². The van der Waals surface area contributed by atoms with Crippen LogP contribution >= 0.6 is 0 Å². The Morgan fingerprint density at radius 2 is 2.11 bits per heavy atom. The highest BCUT2D eigenvalue weighted by atomic mass is 16.6. The van der Waals surface area contributed by atoms with Crippen LogP contribution in [0.3, 0.4) is 0 Å². The molecule has 1 fully saturated rings. The van der Waals surface area contributed by atoms with Crippen molar-refractivity contribution in [1.29, 1.82) is 0 Å². The Balaban J connectivity index is 1.70. The average molecular weight is 248 g/mol. The summed E-state index contributed by atoms with van der Waals surface area (Å²) < 4.78 is 11.1. The summed E-state index contributed by atoms with van der Waals surface area (Å²) in [5, 5.41) is 3.48. The van der Waals surface area contributed by atoms with Crippen molar-refractivity contribution in [2.24, 2.45) is 5.73 Å². The van der Waals surface area contributed by atoms with E-state index in [9.17, 15) is 0 Å². The van der Waals surface area contributed by atoms with Gasteiger partial charge in [-0.2, -0.15) is 0 Å². The summed E-state index contributed by atoms with van der Waals surface area (Å²) >= 11 is 0. The van der Waals surface area contributed by atoms with Crippen LogP contribution in [0.1, 0.15) is 30.9 Å². The lowest BCUT2D eigenvalue weighted by atomic mass is 9.99. The number of nitrogens with one attached hydrogen (secondary N) is 1. The number of fused-ring (bicyclic) bond motifs is 1. The molecule has 2 heterocycles. The maximum atomic E-state index is 6.27. The summed E-state index contributed by atoms with van der Waals surface area (Å²) in [6.45, 7) is 2.37. The molecule has 0 radical (unpaired) electrons. The fourth-order valence-corrected chi connectivity index (χ4v) is 2.69. The largest absolute Gasteiger partial charge is 0.486 e. The molecule has 1 aromatic carbocycles. The van der Waals surface area contributed by atoms with Crippen LogP contribution in [-0.4, -0.2) is 25.8 Å². The fraction of sp³-hybridized carbons (Fsp3) is 0.571. The van der Waals surface area contributed by atoms with Gasteiger partial charge in [0.25, 0.3) is 0 Å². The number of ether oxygens (including phenoxy) is 2. The Hall–Kier alpha value is -1.26. The maximum absolute atomic E-state index is 6.27. The molecule has 0 saturated carbocycles. The first-order chi connectivity index (χ1) is 8.83. The van der Waals surface area contributed by atoms with Crippen LogP contribution in [0.5, 0.6) is 11.5 Å². The lowest BCUT2D eigenvalue weighted by Crippen LogP contribution is -2.27. The molecule has 2 atom stereocenters. The van der Waals surface area contributed by atoms with Crippen LogP contribution in [0, 0.1) is 0 Å². The molecule has 0 aliphatic carbocycles. The summed E-state index contributed by atoms with van der Waals surface area (Å²) in [4.78, 5) is 0. The van der Waals surface area contributed by atoms with E-state index in [1.54, 1.807) is 0 Å². The molecule has 1 saturated heterocycles. The average Bonchev–Trinajstić information content (AvgIpc) is 2.91. The van der Waals surface area contributed by atoms with Gasteiger partial charge in [0.2, 0.25) is 0 Å². The summed E-state index contributed by atoms with van der Waals surface area (Å²) in [6, 6.07) is 6.66. The molecular weight excluding hydrogens is 228 g/mol. The molecule has 2 aliphatic rings. The lowest BCUT2D eigenvalue weighted by molar-refractivity contribution is 0.171. The Labute approximate surface area is 107 Å². The van der Waals surface area contributed by atoms with Crippen molar-refractivity contribution >= 4 is 0 Å². The molecule has 4 heteroatoms. The van der Waals surface area contributed by atoms with Crippen molar-refractivity contribution in [3.8, 4) is 11.5 Å². The molecule has 3 rings (SSSR count).